The molecule has 0 unspecified atom stereocenters. The van der Waals surface area contributed by atoms with Crippen molar-refractivity contribution >= 4 is 13.2 Å². The molecule has 0 aliphatic carbocycles. The third kappa shape index (κ3) is 5.57. The van der Waals surface area contributed by atoms with E-state index in [1.807, 2.05) is 0 Å². The van der Waals surface area contributed by atoms with E-state index in [4.69, 9.17) is 0 Å². The van der Waals surface area contributed by atoms with Crippen molar-refractivity contribution in [3.63, 3.8) is 0 Å². The van der Waals surface area contributed by atoms with Crippen LogP contribution in [0, 0.1) is 6.54 Å². The summed E-state index contributed by atoms with van der Waals surface area (Å²) in [5.74, 6) is 0. The van der Waals surface area contributed by atoms with Gasteiger partial charge in [-0.25, -0.2) is 0 Å². The second-order valence-electron chi connectivity index (χ2n) is 8.90. The molecule has 130 valence electrons. The maximum atomic E-state index is 3.72. The molecule has 1 rings (SSSR count). The molecule has 1 nitrogen and oxygen atoms in total. The Balaban J connectivity index is 3.33. The van der Waals surface area contributed by atoms with Crippen LogP contribution in [0.5, 0.6) is 0 Å². The summed E-state index contributed by atoms with van der Waals surface area (Å²) in [5, 5.41) is 2.02. The molecule has 0 amide bonds. The standard InChI is InChI=1S/C21H36NP/c1-16(2)22(17(3)4)15-18-13-11-12-14-19(18)23(20(5,6)7)21(8,9)10/h11-14,16-17H,1-10H3. The van der Waals surface area contributed by atoms with Gasteiger partial charge in [0, 0.05) is 12.1 Å². The highest BCUT2D eigenvalue weighted by molar-refractivity contribution is 7.68. The summed E-state index contributed by atoms with van der Waals surface area (Å²) in [6, 6.07) is 9.80. The van der Waals surface area contributed by atoms with Gasteiger partial charge in [0.1, 0.15) is 0 Å². The number of benzene rings is 1. The number of nitrogens with zero attached hydrogens (tertiary/aromatic N) is 1. The minimum absolute atomic E-state index is 0.270. The normalized spacial score (nSPS) is 13.7. The molecule has 0 aromatic heterocycles. The first-order chi connectivity index (χ1) is 10.4. The van der Waals surface area contributed by atoms with Gasteiger partial charge in [0.2, 0.25) is 0 Å². The van der Waals surface area contributed by atoms with E-state index in [-0.39, 0.29) is 18.2 Å². The number of hydrogen-bond acceptors (Lipinski definition) is 1. The summed E-state index contributed by atoms with van der Waals surface area (Å²) in [4.78, 5) is 2.34. The lowest BCUT2D eigenvalue weighted by atomic mass is 10.1. The quantitative estimate of drug-likeness (QED) is 0.479. The Labute approximate surface area is 146 Å². The van der Waals surface area contributed by atoms with Crippen molar-refractivity contribution in [2.24, 2.45) is 0 Å². The molecule has 0 saturated carbocycles. The molecule has 2 heteroatoms. The Bertz CT molecular complexity index is 469. The van der Waals surface area contributed by atoms with Crippen LogP contribution < -0.4 is 5.30 Å². The first-order valence-corrected chi connectivity index (χ1v) is 10.1. The zero-order valence-corrected chi connectivity index (χ0v) is 17.8. The SMILES string of the molecule is CC(C)N([C]c1ccccc1P(C(C)(C)C)C(C)(C)C)C(C)C. The van der Waals surface area contributed by atoms with Crippen LogP contribution in [0.2, 0.25) is 0 Å². The largest absolute Gasteiger partial charge is 0.285 e. The van der Waals surface area contributed by atoms with Crippen LogP contribution >= 0.6 is 7.92 Å². The van der Waals surface area contributed by atoms with Crippen molar-refractivity contribution in [3.8, 4) is 0 Å². The lowest BCUT2D eigenvalue weighted by molar-refractivity contribution is 0.231. The predicted molar refractivity (Wildman–Crippen MR) is 107 cm³/mol. The van der Waals surface area contributed by atoms with Gasteiger partial charge in [-0.05, 0) is 48.9 Å². The van der Waals surface area contributed by atoms with Crippen LogP contribution in [0.1, 0.15) is 74.8 Å². The van der Waals surface area contributed by atoms with E-state index in [2.05, 4.69) is 105 Å². The molecular formula is C21H36NP. The molecule has 23 heavy (non-hydrogen) atoms. The molecule has 0 N–H and O–H groups in total. The molecule has 0 bridgehead atoms. The highest BCUT2D eigenvalue weighted by atomic mass is 31.1. The fraction of sp³-hybridized carbons (Fsp3) is 0.667. The summed E-state index contributed by atoms with van der Waals surface area (Å²) in [6.45, 7) is 27.0. The number of hydrogen-bond donors (Lipinski definition) is 0. The van der Waals surface area contributed by atoms with E-state index < -0.39 is 0 Å². The first-order valence-electron chi connectivity index (χ1n) is 8.80. The van der Waals surface area contributed by atoms with Gasteiger partial charge in [0.05, 0.1) is 6.54 Å². The fourth-order valence-electron chi connectivity index (χ4n) is 3.49. The Kier molecular flexibility index (Phi) is 6.88. The molecular weight excluding hydrogens is 297 g/mol. The predicted octanol–water partition coefficient (Wildman–Crippen LogP) is 5.90. The molecule has 1 aromatic rings. The Morgan fingerprint density at radius 2 is 1.26 bits per heavy atom. The summed E-state index contributed by atoms with van der Waals surface area (Å²) < 4.78 is 0. The van der Waals surface area contributed by atoms with Crippen molar-refractivity contribution in [1.29, 1.82) is 0 Å². The second kappa shape index (κ2) is 7.66. The van der Waals surface area contributed by atoms with Gasteiger partial charge in [-0.1, -0.05) is 73.7 Å². The van der Waals surface area contributed by atoms with Crippen molar-refractivity contribution in [3.05, 3.63) is 36.4 Å². The lowest BCUT2D eigenvalue weighted by Gasteiger charge is -2.43. The van der Waals surface area contributed by atoms with Crippen LogP contribution in [0.15, 0.2) is 24.3 Å². The van der Waals surface area contributed by atoms with E-state index in [0.717, 1.165) is 0 Å². The molecule has 0 fully saturated rings. The van der Waals surface area contributed by atoms with Crippen molar-refractivity contribution in [2.45, 2.75) is 91.6 Å². The van der Waals surface area contributed by atoms with Crippen LogP contribution in [0.3, 0.4) is 0 Å². The Hall–Kier alpha value is -0.390. The van der Waals surface area contributed by atoms with Crippen molar-refractivity contribution in [2.75, 3.05) is 0 Å². The van der Waals surface area contributed by atoms with Gasteiger partial charge >= 0.3 is 0 Å². The monoisotopic (exact) mass is 333 g/mol. The zero-order chi connectivity index (χ0) is 18.0. The summed E-state index contributed by atoms with van der Waals surface area (Å²) in [7, 11) is -0.317. The van der Waals surface area contributed by atoms with Crippen molar-refractivity contribution in [1.82, 2.24) is 4.90 Å². The minimum Gasteiger partial charge on any atom is -0.285 e. The Morgan fingerprint density at radius 3 is 1.65 bits per heavy atom. The van der Waals surface area contributed by atoms with E-state index in [9.17, 15) is 0 Å². The summed E-state index contributed by atoms with van der Waals surface area (Å²) in [5.41, 5.74) is 1.27. The second-order valence-corrected chi connectivity index (χ2v) is 12.7. The molecule has 0 aliphatic rings. The van der Waals surface area contributed by atoms with Crippen LogP contribution in [0.25, 0.3) is 0 Å². The lowest BCUT2D eigenvalue weighted by Crippen LogP contribution is -2.38. The highest BCUT2D eigenvalue weighted by Crippen LogP contribution is 2.58. The molecule has 2 radical (unpaired) electrons. The Morgan fingerprint density at radius 1 is 0.826 bits per heavy atom. The first kappa shape index (κ1) is 20.7. The average Bonchev–Trinajstić information content (AvgIpc) is 2.33. The minimum atomic E-state index is -0.317. The van der Waals surface area contributed by atoms with Crippen LogP contribution in [-0.2, 0) is 0 Å². The van der Waals surface area contributed by atoms with Gasteiger partial charge in [0.25, 0.3) is 0 Å². The molecule has 0 atom stereocenters. The van der Waals surface area contributed by atoms with E-state index in [1.54, 1.807) is 0 Å². The van der Waals surface area contributed by atoms with Gasteiger partial charge in [-0.15, -0.1) is 0 Å². The van der Waals surface area contributed by atoms with E-state index in [1.165, 1.54) is 10.9 Å². The van der Waals surface area contributed by atoms with Gasteiger partial charge in [-0.3, -0.25) is 4.90 Å². The average molecular weight is 334 g/mol. The molecule has 0 heterocycles. The number of rotatable bonds is 5. The van der Waals surface area contributed by atoms with Gasteiger partial charge in [0.15, 0.2) is 0 Å². The third-order valence-electron chi connectivity index (χ3n) is 3.85. The zero-order valence-electron chi connectivity index (χ0n) is 16.9. The topological polar surface area (TPSA) is 3.24 Å². The summed E-state index contributed by atoms with van der Waals surface area (Å²) >= 11 is 0. The van der Waals surface area contributed by atoms with Gasteiger partial charge in [-0.2, -0.15) is 0 Å². The molecule has 0 aliphatic heterocycles. The van der Waals surface area contributed by atoms with E-state index in [0.29, 0.717) is 12.1 Å². The van der Waals surface area contributed by atoms with Crippen LogP contribution in [0.4, 0.5) is 0 Å². The molecule has 1 aromatic carbocycles. The van der Waals surface area contributed by atoms with Crippen molar-refractivity contribution < 1.29 is 0 Å². The highest BCUT2D eigenvalue weighted by Gasteiger charge is 2.37. The smallest absolute Gasteiger partial charge is 0.0974 e. The van der Waals surface area contributed by atoms with Gasteiger partial charge < -0.3 is 0 Å². The maximum Gasteiger partial charge on any atom is 0.0974 e. The maximum absolute atomic E-state index is 3.72. The summed E-state index contributed by atoms with van der Waals surface area (Å²) in [6.07, 6.45) is 0. The fourth-order valence-corrected chi connectivity index (χ4v) is 7.54. The van der Waals surface area contributed by atoms with E-state index >= 15 is 0 Å². The van der Waals surface area contributed by atoms with Crippen LogP contribution in [-0.4, -0.2) is 27.3 Å². The molecule has 0 spiro atoms. The third-order valence-corrected chi connectivity index (χ3v) is 7.40. The molecule has 0 saturated heterocycles.